The number of carbonyl (C=O) groups is 2. The van der Waals surface area contributed by atoms with Gasteiger partial charge in [0.25, 0.3) is 0 Å². The molecule has 8 nitrogen and oxygen atoms in total. The fourth-order valence-corrected chi connectivity index (χ4v) is 4.60. The number of hydrogen-bond acceptors (Lipinski definition) is 6. The van der Waals surface area contributed by atoms with Gasteiger partial charge in [-0.1, -0.05) is 42.5 Å². The Labute approximate surface area is 201 Å². The molecule has 2 N–H and O–H groups in total. The molecule has 0 atom stereocenters. The predicted molar refractivity (Wildman–Crippen MR) is 130 cm³/mol. The van der Waals surface area contributed by atoms with Crippen molar-refractivity contribution in [2.45, 2.75) is 32.0 Å². The van der Waals surface area contributed by atoms with Crippen molar-refractivity contribution in [1.82, 2.24) is 14.7 Å². The van der Waals surface area contributed by atoms with E-state index in [-0.39, 0.29) is 0 Å². The molecule has 2 aliphatic heterocycles. The van der Waals surface area contributed by atoms with Crippen LogP contribution in [0, 0.1) is 0 Å². The molecule has 4 rings (SSSR count). The van der Waals surface area contributed by atoms with Gasteiger partial charge in [-0.2, -0.15) is 0 Å². The van der Waals surface area contributed by atoms with Gasteiger partial charge in [-0.15, -0.1) is 0 Å². The van der Waals surface area contributed by atoms with Gasteiger partial charge in [0.05, 0.1) is 7.11 Å². The van der Waals surface area contributed by atoms with E-state index in [2.05, 4.69) is 63.2 Å². The topological polar surface area (TPSA) is 93.5 Å². The lowest BCUT2D eigenvalue weighted by atomic mass is 10.0. The number of ether oxygens (including phenoxy) is 1. The second-order valence-corrected chi connectivity index (χ2v) is 8.77. The van der Waals surface area contributed by atoms with Crippen molar-refractivity contribution in [2.24, 2.45) is 0 Å². The van der Waals surface area contributed by atoms with Crippen molar-refractivity contribution in [3.8, 4) is 5.75 Å². The van der Waals surface area contributed by atoms with Crippen LogP contribution in [0.3, 0.4) is 0 Å². The van der Waals surface area contributed by atoms with E-state index in [4.69, 9.17) is 24.5 Å². The van der Waals surface area contributed by atoms with Crippen molar-refractivity contribution < 1.29 is 24.5 Å². The molecule has 0 aliphatic carbocycles. The van der Waals surface area contributed by atoms with Crippen LogP contribution in [-0.4, -0.2) is 89.3 Å². The van der Waals surface area contributed by atoms with Gasteiger partial charge in [0.1, 0.15) is 5.75 Å². The molecule has 0 radical (unpaired) electrons. The molecule has 2 aromatic rings. The summed E-state index contributed by atoms with van der Waals surface area (Å²) in [6, 6.07) is 20.1. The maximum Gasteiger partial charge on any atom is 0.414 e. The van der Waals surface area contributed by atoms with Crippen molar-refractivity contribution in [1.29, 1.82) is 0 Å². The van der Waals surface area contributed by atoms with Gasteiger partial charge in [0.2, 0.25) is 0 Å². The highest BCUT2D eigenvalue weighted by Crippen LogP contribution is 2.21. The fourth-order valence-electron chi connectivity index (χ4n) is 4.60. The normalized spacial score (nSPS) is 18.0. The van der Waals surface area contributed by atoms with E-state index in [0.29, 0.717) is 0 Å². The first-order valence-electron chi connectivity index (χ1n) is 11.8. The molecular formula is C26H35N3O5. The number of aliphatic carboxylic acids is 2. The number of likely N-dealkylation sites (tertiary alicyclic amines) is 1. The largest absolute Gasteiger partial charge is 0.497 e. The number of methoxy groups -OCH3 is 1. The van der Waals surface area contributed by atoms with Gasteiger partial charge in [-0.3, -0.25) is 14.7 Å². The van der Waals surface area contributed by atoms with E-state index >= 15 is 0 Å². The highest BCUT2D eigenvalue weighted by atomic mass is 16.5. The number of piperazine rings is 1. The summed E-state index contributed by atoms with van der Waals surface area (Å²) in [6.07, 6.45) is 2.62. The van der Waals surface area contributed by atoms with Gasteiger partial charge in [-0.25, -0.2) is 9.59 Å². The number of rotatable bonds is 6. The SMILES string of the molecule is COc1cccc(CN2CCN(C3CCN(Cc4ccccc4)CC3)CC2)c1.O=C(O)C(=O)O. The summed E-state index contributed by atoms with van der Waals surface area (Å²) in [5, 5.41) is 14.8. The fraction of sp³-hybridized carbons (Fsp3) is 0.462. The zero-order chi connectivity index (χ0) is 24.3. The Morgan fingerprint density at radius 1 is 0.794 bits per heavy atom. The zero-order valence-electron chi connectivity index (χ0n) is 19.8. The standard InChI is InChI=1S/C24H33N3O.C2H2O4/c1-28-24-9-5-8-22(18-24)20-26-14-16-27(17-15-26)23-10-12-25(13-11-23)19-21-6-3-2-4-7-21;3-1(4)2(5)6/h2-9,18,23H,10-17,19-20H2,1H3;(H,3,4)(H,5,6). The molecule has 0 unspecified atom stereocenters. The van der Waals surface area contributed by atoms with Gasteiger partial charge in [0, 0.05) is 45.3 Å². The molecular weight excluding hydrogens is 434 g/mol. The average molecular weight is 470 g/mol. The molecule has 2 aromatic carbocycles. The summed E-state index contributed by atoms with van der Waals surface area (Å²) in [6.45, 7) is 9.32. The Hall–Kier alpha value is -2.94. The molecule has 2 aliphatic rings. The minimum Gasteiger partial charge on any atom is -0.497 e. The van der Waals surface area contributed by atoms with Gasteiger partial charge in [0.15, 0.2) is 0 Å². The Kier molecular flexibility index (Phi) is 9.88. The van der Waals surface area contributed by atoms with Crippen molar-refractivity contribution >= 4 is 11.9 Å². The lowest BCUT2D eigenvalue weighted by molar-refractivity contribution is -0.159. The third-order valence-corrected chi connectivity index (χ3v) is 6.45. The van der Waals surface area contributed by atoms with Crippen LogP contribution in [0.4, 0.5) is 0 Å². The number of carboxylic acids is 2. The molecule has 0 saturated carbocycles. The highest BCUT2D eigenvalue weighted by Gasteiger charge is 2.27. The van der Waals surface area contributed by atoms with E-state index in [9.17, 15) is 0 Å². The lowest BCUT2D eigenvalue weighted by Gasteiger charge is -2.43. The quantitative estimate of drug-likeness (QED) is 0.624. The van der Waals surface area contributed by atoms with Crippen LogP contribution in [0.25, 0.3) is 0 Å². The van der Waals surface area contributed by atoms with Crippen LogP contribution >= 0.6 is 0 Å². The van der Waals surface area contributed by atoms with E-state index in [1.54, 1.807) is 7.11 Å². The molecule has 0 spiro atoms. The Bertz CT molecular complexity index is 896. The van der Waals surface area contributed by atoms with Crippen molar-refractivity contribution in [2.75, 3.05) is 46.4 Å². The molecule has 0 aromatic heterocycles. The average Bonchev–Trinajstić information content (AvgIpc) is 2.86. The molecule has 0 bridgehead atoms. The van der Waals surface area contributed by atoms with E-state index in [0.717, 1.165) is 24.9 Å². The predicted octanol–water partition coefficient (Wildman–Crippen LogP) is 2.63. The molecule has 184 valence electrons. The Balaban J connectivity index is 0.000000481. The van der Waals surface area contributed by atoms with Crippen LogP contribution in [0.5, 0.6) is 5.75 Å². The monoisotopic (exact) mass is 469 g/mol. The minimum absolute atomic E-state index is 0.769. The number of carboxylic acid groups (broad SMARTS) is 2. The maximum atomic E-state index is 9.10. The number of benzene rings is 2. The second-order valence-electron chi connectivity index (χ2n) is 8.77. The van der Waals surface area contributed by atoms with Crippen molar-refractivity contribution in [3.63, 3.8) is 0 Å². The zero-order valence-corrected chi connectivity index (χ0v) is 19.8. The summed E-state index contributed by atoms with van der Waals surface area (Å²) in [5.41, 5.74) is 2.79. The first-order valence-corrected chi connectivity index (χ1v) is 11.8. The van der Waals surface area contributed by atoms with Gasteiger partial charge < -0.3 is 14.9 Å². The first-order chi connectivity index (χ1) is 16.4. The smallest absolute Gasteiger partial charge is 0.414 e. The van der Waals surface area contributed by atoms with E-state index in [1.165, 1.54) is 63.2 Å². The summed E-state index contributed by atoms with van der Waals surface area (Å²) in [5.74, 6) is -2.69. The van der Waals surface area contributed by atoms with Crippen LogP contribution in [0.1, 0.15) is 24.0 Å². The van der Waals surface area contributed by atoms with Crippen molar-refractivity contribution in [3.05, 3.63) is 65.7 Å². The molecule has 2 saturated heterocycles. The number of piperidine rings is 1. The summed E-state index contributed by atoms with van der Waals surface area (Å²) in [7, 11) is 1.74. The van der Waals surface area contributed by atoms with Gasteiger partial charge in [-0.05, 0) is 49.2 Å². The number of nitrogens with zero attached hydrogens (tertiary/aromatic N) is 3. The first kappa shape index (κ1) is 25.7. The van der Waals surface area contributed by atoms with Crippen LogP contribution in [-0.2, 0) is 22.7 Å². The molecule has 0 amide bonds. The van der Waals surface area contributed by atoms with Crippen LogP contribution < -0.4 is 4.74 Å². The Morgan fingerprint density at radius 2 is 1.35 bits per heavy atom. The van der Waals surface area contributed by atoms with E-state index in [1.807, 2.05) is 6.07 Å². The van der Waals surface area contributed by atoms with Gasteiger partial charge >= 0.3 is 11.9 Å². The second kappa shape index (κ2) is 13.1. The molecule has 2 heterocycles. The lowest BCUT2D eigenvalue weighted by Crippen LogP contribution is -2.52. The third-order valence-electron chi connectivity index (χ3n) is 6.45. The molecule has 8 heteroatoms. The third kappa shape index (κ3) is 8.13. The molecule has 2 fully saturated rings. The Morgan fingerprint density at radius 3 is 1.94 bits per heavy atom. The minimum atomic E-state index is -1.82. The summed E-state index contributed by atoms with van der Waals surface area (Å²) < 4.78 is 5.36. The highest BCUT2D eigenvalue weighted by molar-refractivity contribution is 6.27. The number of hydrogen-bond donors (Lipinski definition) is 2. The van der Waals surface area contributed by atoms with Crippen LogP contribution in [0.2, 0.25) is 0 Å². The van der Waals surface area contributed by atoms with Crippen LogP contribution in [0.15, 0.2) is 54.6 Å². The summed E-state index contributed by atoms with van der Waals surface area (Å²) >= 11 is 0. The summed E-state index contributed by atoms with van der Waals surface area (Å²) in [4.78, 5) is 26.1. The molecule has 34 heavy (non-hydrogen) atoms. The van der Waals surface area contributed by atoms with E-state index < -0.39 is 11.9 Å². The maximum absolute atomic E-state index is 9.10.